The van der Waals surface area contributed by atoms with Gasteiger partial charge in [0.2, 0.25) is 0 Å². The Kier molecular flexibility index (Phi) is 5.93. The first-order chi connectivity index (χ1) is 9.81. The summed E-state index contributed by atoms with van der Waals surface area (Å²) >= 11 is 0. The molecule has 1 aliphatic rings. The SMILES string of the molecule is COc1cc(CNCCC2=CCCCC2)cc(OC)c1. The molecule has 0 fully saturated rings. The van der Waals surface area contributed by atoms with Gasteiger partial charge in [0, 0.05) is 12.6 Å². The van der Waals surface area contributed by atoms with Gasteiger partial charge in [0.1, 0.15) is 11.5 Å². The second-order valence-corrected chi connectivity index (χ2v) is 5.26. The zero-order valence-corrected chi connectivity index (χ0v) is 12.6. The first-order valence-electron chi connectivity index (χ1n) is 7.42. The minimum Gasteiger partial charge on any atom is -0.497 e. The molecule has 0 unspecified atom stereocenters. The first kappa shape index (κ1) is 14.9. The number of nitrogens with one attached hydrogen (secondary N) is 1. The third-order valence-corrected chi connectivity index (χ3v) is 3.75. The van der Waals surface area contributed by atoms with Crippen LogP contribution in [0.2, 0.25) is 0 Å². The zero-order valence-electron chi connectivity index (χ0n) is 12.6. The molecule has 3 heteroatoms. The average Bonchev–Trinajstić information content (AvgIpc) is 2.52. The monoisotopic (exact) mass is 275 g/mol. The molecule has 0 amide bonds. The summed E-state index contributed by atoms with van der Waals surface area (Å²) in [6, 6.07) is 6.00. The normalized spacial score (nSPS) is 14.8. The maximum absolute atomic E-state index is 5.28. The number of hydrogen-bond donors (Lipinski definition) is 1. The van der Waals surface area contributed by atoms with Crippen molar-refractivity contribution in [2.24, 2.45) is 0 Å². The third-order valence-electron chi connectivity index (χ3n) is 3.75. The summed E-state index contributed by atoms with van der Waals surface area (Å²) in [5, 5.41) is 3.50. The molecule has 20 heavy (non-hydrogen) atoms. The van der Waals surface area contributed by atoms with Crippen LogP contribution in [0, 0.1) is 0 Å². The van der Waals surface area contributed by atoms with Crippen LogP contribution in [0.15, 0.2) is 29.8 Å². The van der Waals surface area contributed by atoms with Crippen LogP contribution in [0.1, 0.15) is 37.7 Å². The Morgan fingerprint density at radius 3 is 2.40 bits per heavy atom. The van der Waals surface area contributed by atoms with Crippen LogP contribution in [-0.2, 0) is 6.54 Å². The molecule has 1 aliphatic carbocycles. The smallest absolute Gasteiger partial charge is 0.122 e. The van der Waals surface area contributed by atoms with Gasteiger partial charge < -0.3 is 14.8 Å². The third kappa shape index (κ3) is 4.57. The number of rotatable bonds is 7. The number of ether oxygens (including phenoxy) is 2. The van der Waals surface area contributed by atoms with Crippen LogP contribution < -0.4 is 14.8 Å². The molecule has 0 heterocycles. The second kappa shape index (κ2) is 7.95. The quantitative estimate of drug-likeness (QED) is 0.608. The lowest BCUT2D eigenvalue weighted by Crippen LogP contribution is -2.15. The molecule has 2 rings (SSSR count). The summed E-state index contributed by atoms with van der Waals surface area (Å²) in [5.74, 6) is 1.69. The molecule has 3 nitrogen and oxygen atoms in total. The lowest BCUT2D eigenvalue weighted by molar-refractivity contribution is 0.393. The number of benzene rings is 1. The average molecular weight is 275 g/mol. The predicted octanol–water partition coefficient (Wildman–Crippen LogP) is 3.68. The van der Waals surface area contributed by atoms with E-state index in [2.05, 4.69) is 23.5 Å². The van der Waals surface area contributed by atoms with Gasteiger partial charge in [0.15, 0.2) is 0 Å². The fraction of sp³-hybridized carbons (Fsp3) is 0.529. The van der Waals surface area contributed by atoms with Gasteiger partial charge in [-0.1, -0.05) is 11.6 Å². The Morgan fingerprint density at radius 1 is 1.05 bits per heavy atom. The van der Waals surface area contributed by atoms with Crippen LogP contribution in [0.4, 0.5) is 0 Å². The fourth-order valence-corrected chi connectivity index (χ4v) is 2.58. The van der Waals surface area contributed by atoms with E-state index in [4.69, 9.17) is 9.47 Å². The Hall–Kier alpha value is -1.48. The van der Waals surface area contributed by atoms with Crippen molar-refractivity contribution in [1.29, 1.82) is 0 Å². The van der Waals surface area contributed by atoms with E-state index in [1.807, 2.05) is 6.07 Å². The molecule has 0 spiro atoms. The molecular formula is C17H25NO2. The number of allylic oxidation sites excluding steroid dienone is 1. The Bertz CT molecular complexity index is 432. The first-order valence-corrected chi connectivity index (χ1v) is 7.42. The molecule has 110 valence electrons. The molecule has 0 saturated heterocycles. The second-order valence-electron chi connectivity index (χ2n) is 5.26. The number of hydrogen-bond acceptors (Lipinski definition) is 3. The highest BCUT2D eigenvalue weighted by Crippen LogP contribution is 2.22. The molecule has 0 radical (unpaired) electrons. The summed E-state index contributed by atoms with van der Waals surface area (Å²) < 4.78 is 10.6. The molecule has 0 aromatic heterocycles. The van der Waals surface area contributed by atoms with E-state index in [-0.39, 0.29) is 0 Å². The van der Waals surface area contributed by atoms with E-state index in [9.17, 15) is 0 Å². The van der Waals surface area contributed by atoms with Gasteiger partial charge in [-0.15, -0.1) is 0 Å². The van der Waals surface area contributed by atoms with Crippen LogP contribution >= 0.6 is 0 Å². The highest BCUT2D eigenvalue weighted by Gasteiger charge is 2.04. The highest BCUT2D eigenvalue weighted by atomic mass is 16.5. The minimum absolute atomic E-state index is 0.844. The molecular weight excluding hydrogens is 250 g/mol. The van der Waals surface area contributed by atoms with E-state index in [0.29, 0.717) is 0 Å². The Morgan fingerprint density at radius 2 is 1.80 bits per heavy atom. The van der Waals surface area contributed by atoms with Gasteiger partial charge in [0.25, 0.3) is 0 Å². The van der Waals surface area contributed by atoms with Crippen molar-refractivity contribution >= 4 is 0 Å². The molecule has 1 N–H and O–H groups in total. The van der Waals surface area contributed by atoms with Gasteiger partial charge in [-0.05, 0) is 56.3 Å². The molecule has 1 aromatic rings. The van der Waals surface area contributed by atoms with Crippen LogP contribution in [0.3, 0.4) is 0 Å². The van der Waals surface area contributed by atoms with Gasteiger partial charge in [-0.2, -0.15) is 0 Å². The van der Waals surface area contributed by atoms with E-state index < -0.39 is 0 Å². The maximum atomic E-state index is 5.28. The van der Waals surface area contributed by atoms with Gasteiger partial charge in [-0.3, -0.25) is 0 Å². The van der Waals surface area contributed by atoms with E-state index in [1.54, 1.807) is 19.8 Å². The summed E-state index contributed by atoms with van der Waals surface area (Å²) in [7, 11) is 3.36. The van der Waals surface area contributed by atoms with Crippen LogP contribution in [-0.4, -0.2) is 20.8 Å². The van der Waals surface area contributed by atoms with Crippen molar-refractivity contribution in [1.82, 2.24) is 5.32 Å². The van der Waals surface area contributed by atoms with Gasteiger partial charge >= 0.3 is 0 Å². The molecule has 0 aliphatic heterocycles. The largest absolute Gasteiger partial charge is 0.497 e. The summed E-state index contributed by atoms with van der Waals surface area (Å²) in [6.07, 6.45) is 8.86. The highest BCUT2D eigenvalue weighted by molar-refractivity contribution is 5.38. The van der Waals surface area contributed by atoms with Crippen molar-refractivity contribution < 1.29 is 9.47 Å². The van der Waals surface area contributed by atoms with E-state index >= 15 is 0 Å². The molecule has 0 atom stereocenters. The predicted molar refractivity (Wildman–Crippen MR) is 82.4 cm³/mol. The van der Waals surface area contributed by atoms with Crippen molar-refractivity contribution in [3.05, 3.63) is 35.4 Å². The molecule has 1 aromatic carbocycles. The summed E-state index contributed by atoms with van der Waals surface area (Å²) in [5.41, 5.74) is 2.81. The van der Waals surface area contributed by atoms with E-state index in [0.717, 1.165) is 24.6 Å². The minimum atomic E-state index is 0.844. The summed E-state index contributed by atoms with van der Waals surface area (Å²) in [6.45, 7) is 1.88. The number of methoxy groups -OCH3 is 2. The lowest BCUT2D eigenvalue weighted by Gasteiger charge is -2.13. The lowest BCUT2D eigenvalue weighted by atomic mass is 9.97. The van der Waals surface area contributed by atoms with Crippen molar-refractivity contribution in [2.45, 2.75) is 38.6 Å². The maximum Gasteiger partial charge on any atom is 0.122 e. The topological polar surface area (TPSA) is 30.5 Å². The van der Waals surface area contributed by atoms with Crippen LogP contribution in [0.5, 0.6) is 11.5 Å². The molecule has 0 saturated carbocycles. The Balaban J connectivity index is 1.79. The van der Waals surface area contributed by atoms with Crippen molar-refractivity contribution in [2.75, 3.05) is 20.8 Å². The van der Waals surface area contributed by atoms with Crippen molar-refractivity contribution in [3.8, 4) is 11.5 Å². The zero-order chi connectivity index (χ0) is 14.2. The van der Waals surface area contributed by atoms with Crippen LogP contribution in [0.25, 0.3) is 0 Å². The standard InChI is InChI=1S/C17H25NO2/c1-19-16-10-15(11-17(12-16)20-2)13-18-9-8-14-6-4-3-5-7-14/h6,10-12,18H,3-5,7-9,13H2,1-2H3. The van der Waals surface area contributed by atoms with Gasteiger partial charge in [-0.25, -0.2) is 0 Å². The van der Waals surface area contributed by atoms with Crippen molar-refractivity contribution in [3.63, 3.8) is 0 Å². The molecule has 0 bridgehead atoms. The van der Waals surface area contributed by atoms with Gasteiger partial charge in [0.05, 0.1) is 14.2 Å². The summed E-state index contributed by atoms with van der Waals surface area (Å²) in [4.78, 5) is 0. The fourth-order valence-electron chi connectivity index (χ4n) is 2.58. The van der Waals surface area contributed by atoms with E-state index in [1.165, 1.54) is 37.7 Å². The Labute approximate surface area is 122 Å².